The summed E-state index contributed by atoms with van der Waals surface area (Å²) >= 11 is 0. The van der Waals surface area contributed by atoms with Crippen LogP contribution in [0.3, 0.4) is 0 Å². The number of phenolic OH excluding ortho intramolecular Hbond substituents is 1. The number of carboxylic acid groups (broad SMARTS) is 8. The topological polar surface area (TPSA) is 677 Å². The number of carboxylic acids is 8. The van der Waals surface area contributed by atoms with Gasteiger partial charge in [-0.3, -0.25) is 43.8 Å². The Hall–Kier alpha value is -8.42. The lowest BCUT2D eigenvalue weighted by Crippen LogP contribution is -2.34. The molecular formula is C53H94N16O18. The summed E-state index contributed by atoms with van der Waals surface area (Å²) in [6, 6.07) is 7.28. The van der Waals surface area contributed by atoms with Crippen LogP contribution in [0.25, 0.3) is 10.9 Å². The zero-order chi connectivity index (χ0) is 76.3. The third-order valence-corrected chi connectivity index (χ3v) is 11.3. The van der Waals surface area contributed by atoms with Gasteiger partial charge in [0.05, 0.1) is 18.1 Å². The zero-order valence-corrected chi connectivity index (χ0v) is 47.2. The van der Waals surface area contributed by atoms with E-state index in [9.17, 15) is 38.4 Å². The first-order valence-corrected chi connectivity index (χ1v) is 26.5. The van der Waals surface area contributed by atoms with Crippen molar-refractivity contribution < 1.29 is 111 Å². The van der Waals surface area contributed by atoms with Crippen molar-refractivity contribution in [3.05, 3.63) is 84.1 Å². The molecule has 87 heavy (non-hydrogen) atoms. The number of guanidine groups is 1. The number of benzene rings is 2. The predicted molar refractivity (Wildman–Crippen MR) is 323 cm³/mol. The van der Waals surface area contributed by atoms with Crippen molar-refractivity contribution in [2.75, 3.05) is 32.7 Å². The molecule has 9 unspecified atom stereocenters. The molecule has 2 aliphatic rings. The van der Waals surface area contributed by atoms with Gasteiger partial charge in [-0.1, -0.05) is 36.8 Å². The average Bonchev–Trinajstić information content (AvgIpc) is 1.65. The number of H-pyrrole nitrogens is 2. The molecule has 6 rings (SSSR count). The van der Waals surface area contributed by atoms with Crippen LogP contribution in [0.5, 0.6) is 5.75 Å². The van der Waals surface area contributed by atoms with Gasteiger partial charge in [-0.15, -0.1) is 0 Å². The van der Waals surface area contributed by atoms with E-state index in [1.807, 2.05) is 64.4 Å². The molecule has 34 N–H and O–H groups in total. The van der Waals surface area contributed by atoms with Gasteiger partial charge < -0.3 is 129 Å². The van der Waals surface area contributed by atoms with Gasteiger partial charge in [-0.2, -0.15) is 0 Å². The lowest BCUT2D eigenvalue weighted by atomic mass is 10.1. The third kappa shape index (κ3) is 40.5. The van der Waals surface area contributed by atoms with E-state index in [1.165, 1.54) is 24.7 Å². The highest BCUT2D eigenvalue weighted by Gasteiger charge is 2.27. The quantitative estimate of drug-likeness (QED) is 0.0131. The molecule has 0 amide bonds. The summed E-state index contributed by atoms with van der Waals surface area (Å²) in [6.07, 6.45) is 9.65. The Labute approximate surface area is 523 Å². The lowest BCUT2D eigenvalue weighted by molar-refractivity contribution is -0.140. The molecule has 2 aromatic heterocycles. The van der Waals surface area contributed by atoms with Gasteiger partial charge in [0.2, 0.25) is 0 Å². The van der Waals surface area contributed by atoms with Gasteiger partial charge >= 0.3 is 47.8 Å². The standard InChI is InChI=1S/C11H12N2O2.C9H11NO3.C6H14N4O2.C6H9N3O2.C6H14N2O2.C5H12N2O2.C5H9NO3.C5H9NO2.2H2/c12-9(11(14)15)5-7-6-13-10-4-2-1-3-8(7)10;10-8(9(12)13)5-6-1-3-7(11)4-2-6;7-4(5(11)12)2-1-3-10-6(8)9;7-5(6(10)11)1-4-2-8-3-9-4;7-4-2-1-3-5(8)6(9)10;6-3-1-2-4(7)5(8)9;7-3-1-4(5(8)9)6-2-3;7-5(8)4-2-1-3-6-4;;/h1-4,6,9,13H,5,12H2,(H,14,15);1-4,8,11H,5,10H2,(H,12,13);4H,1-3,7H2,(H,11,12)(H4,8,9,10);2-3,5H,1,7H2,(H,8,9)(H,10,11);5H,1-4,7-8H2,(H,9,10);4H,1-3,6-7H2,(H,8,9);3-4,6-7H,1-2H2,(H,8,9);4,6H,1-3H2,(H,7,8);2*1H/i/hD13. The number of para-hydroxylation sites is 1. The summed E-state index contributed by atoms with van der Waals surface area (Å²) < 4.78 is 88.1. The second-order valence-electron chi connectivity index (χ2n) is 18.6. The van der Waals surface area contributed by atoms with Crippen LogP contribution in [-0.2, 0) is 57.6 Å². The first-order chi connectivity index (χ1) is 47.4. The number of β-amino-alcohol motifs (C(OH)–C–C–N with tert-alkyl or cyclic N) is 1. The van der Waals surface area contributed by atoms with Crippen LogP contribution in [0.2, 0.25) is 18.4 Å². The molecule has 494 valence electrons. The number of hydrogen-bond acceptors (Lipinski definition) is 22. The fourth-order valence-corrected chi connectivity index (χ4v) is 6.55. The lowest BCUT2D eigenvalue weighted by Gasteiger charge is -2.06. The first kappa shape index (κ1) is 58.9. The van der Waals surface area contributed by atoms with Crippen LogP contribution in [-0.4, -0.2) is 207 Å². The Morgan fingerprint density at radius 3 is 1.66 bits per heavy atom. The molecule has 0 spiro atoms. The van der Waals surface area contributed by atoms with Crippen LogP contribution in [0.4, 0.5) is 0 Å². The smallest absolute Gasteiger partial charge is 0.320 e. The van der Waals surface area contributed by atoms with Crippen molar-refractivity contribution in [1.82, 2.24) is 30.9 Å². The fourth-order valence-electron chi connectivity index (χ4n) is 6.55. The van der Waals surface area contributed by atoms with Gasteiger partial charge in [0.15, 0.2) is 10.2 Å². The van der Waals surface area contributed by atoms with Crippen molar-refractivity contribution in [3.63, 3.8) is 0 Å². The molecule has 0 bridgehead atoms. The van der Waals surface area contributed by atoms with Gasteiger partial charge in [0.1, 0.15) is 68.2 Å². The van der Waals surface area contributed by atoms with Gasteiger partial charge in [0, 0.05) is 58.5 Å². The molecule has 0 saturated carbocycles. The van der Waals surface area contributed by atoms with Crippen LogP contribution < -0.4 is 67.5 Å². The maximum atomic E-state index is 10.8. The third-order valence-electron chi connectivity index (χ3n) is 11.3. The SMILES string of the molecule is [2H]N1CC(O)CC1C(=O)O.[2H]N1CCCC1C(=O)O.[2H]N=C(N[2H])NCCCC(N[2H])C(=O)O.[2H]NC(Cc1c[nH]c2ccccc12)C(=O)O.[2H]NC(Cc1ccc(O)cc1)C(=O)O.[2H]NC(Cc1cn([2H])cn1)C(=O)O.[2H]NCCCC(N[2H])C(=O)O.[2H]NCCCCC(N[2H])C(=O)O.[HH].[HH]. The summed E-state index contributed by atoms with van der Waals surface area (Å²) in [4.78, 5) is 91.3. The summed E-state index contributed by atoms with van der Waals surface area (Å²) in [5.74, 6) is -8.04. The van der Waals surface area contributed by atoms with Crippen LogP contribution in [0, 0.1) is 5.40 Å². The van der Waals surface area contributed by atoms with Crippen molar-refractivity contribution in [2.24, 2.45) is 51.5 Å². The number of hydrogen-bond donors (Lipinski definition) is 25. The Morgan fingerprint density at radius 1 is 0.667 bits per heavy atom. The zero-order valence-electron chi connectivity index (χ0n) is 60.2. The second kappa shape index (κ2) is 46.8. The number of phenols is 1. The Kier molecular flexibility index (Phi) is 31.7. The van der Waals surface area contributed by atoms with E-state index in [0.29, 0.717) is 76.8 Å². The number of aliphatic hydroxyl groups is 1. The van der Waals surface area contributed by atoms with Gasteiger partial charge in [-0.25, -0.2) is 4.98 Å². The summed E-state index contributed by atoms with van der Waals surface area (Å²) in [6.45, 7) is 2.12. The number of aromatic amines is 2. The number of nitrogens with zero attached hydrogens (tertiary/aromatic N) is 1. The molecule has 4 aromatic rings. The molecule has 34 nitrogen and oxygen atoms in total. The van der Waals surface area contributed by atoms with E-state index >= 15 is 0 Å². The maximum Gasteiger partial charge on any atom is 0.320 e. The van der Waals surface area contributed by atoms with E-state index < -0.39 is 102 Å². The predicted octanol–water partition coefficient (Wildman–Crippen LogP) is -2.73. The minimum Gasteiger partial charge on any atom is -0.508 e. The van der Waals surface area contributed by atoms with Crippen molar-refractivity contribution in [3.8, 4) is 5.75 Å². The van der Waals surface area contributed by atoms with Crippen LogP contribution >= 0.6 is 0 Å². The number of nitrogens with one attached hydrogen (secondary N) is 6. The number of imidazole rings is 1. The Morgan fingerprint density at radius 2 is 1.21 bits per heavy atom. The molecule has 0 radical (unpaired) electrons. The van der Waals surface area contributed by atoms with E-state index in [4.69, 9.17) is 69.4 Å². The summed E-state index contributed by atoms with van der Waals surface area (Å²) in [5.41, 5.74) is 21.1. The van der Waals surface area contributed by atoms with E-state index in [1.54, 1.807) is 18.3 Å². The molecule has 34 heteroatoms. The monoisotopic (exact) mass is 1260 g/mol. The minimum atomic E-state index is -1.10. The van der Waals surface area contributed by atoms with Gasteiger partial charge in [0.25, 0.3) is 0 Å². The average molecular weight is 1260 g/mol. The highest BCUT2D eigenvalue weighted by molar-refractivity contribution is 5.84. The number of aromatic hydroxyl groups is 1. The molecule has 0 aliphatic carbocycles. The number of carbonyl (C=O) groups is 8. The number of rotatable bonds is 33. The number of nitrogens with two attached hydrogens (primary N) is 9. The first-order valence-electron chi connectivity index (χ1n) is 32.8. The van der Waals surface area contributed by atoms with Gasteiger partial charge in [-0.05, 0) is 107 Å². The Bertz CT molecular complexity index is 3010. The molecule has 2 aliphatic heterocycles. The minimum absolute atomic E-state index is 0. The molecule has 2 fully saturated rings. The van der Waals surface area contributed by atoms with Crippen molar-refractivity contribution in [2.45, 2.75) is 138 Å². The van der Waals surface area contributed by atoms with Crippen LogP contribution in [0.15, 0.2) is 67.3 Å². The fraction of sp³-hybridized carbons (Fsp3) is 0.509. The molecular weight excluding hydrogens is 1150 g/mol. The number of aliphatic carboxylic acids is 8. The largest absolute Gasteiger partial charge is 0.508 e. The molecule has 9 atom stereocenters. The van der Waals surface area contributed by atoms with Crippen molar-refractivity contribution in [1.29, 1.82) is 5.40 Å². The molecule has 2 saturated heterocycles. The number of aliphatic hydroxyl groups excluding tert-OH is 1. The summed E-state index contributed by atoms with van der Waals surface area (Å²) in [7, 11) is 0. The van der Waals surface area contributed by atoms with Crippen LogP contribution in [0.1, 0.15) is 83.9 Å². The molecule has 4 heterocycles. The number of aromatic nitrogens is 3. The molecule has 2 aromatic carbocycles. The van der Waals surface area contributed by atoms with E-state index in [-0.39, 0.29) is 46.8 Å². The van der Waals surface area contributed by atoms with Crippen molar-refractivity contribution >= 4 is 64.6 Å². The highest BCUT2D eigenvalue weighted by Crippen LogP contribution is 2.19. The highest BCUT2D eigenvalue weighted by atomic mass is 16.4. The Balaban J connectivity index is -0.000000540. The normalized spacial score (nSPS) is 19.1. The number of unbranched alkanes of at least 4 members (excludes halogenated alkanes) is 1. The van der Waals surface area contributed by atoms with E-state index in [2.05, 4.69) is 32.1 Å². The maximum absolute atomic E-state index is 10.8. The number of fused-ring (bicyclic) bond motifs is 1. The second-order valence-corrected chi connectivity index (χ2v) is 18.6. The summed E-state index contributed by atoms with van der Waals surface area (Å²) in [5, 5.41) is 94.9. The van der Waals surface area contributed by atoms with E-state index in [0.717, 1.165) is 50.5 Å².